The van der Waals surface area contributed by atoms with E-state index < -0.39 is 17.3 Å². The van der Waals surface area contributed by atoms with Crippen molar-refractivity contribution in [2.75, 3.05) is 7.11 Å². The van der Waals surface area contributed by atoms with Gasteiger partial charge in [-0.3, -0.25) is 14.4 Å². The van der Waals surface area contributed by atoms with Crippen LogP contribution < -0.4 is 4.74 Å². The van der Waals surface area contributed by atoms with Gasteiger partial charge in [-0.05, 0) is 15.9 Å². The van der Waals surface area contributed by atoms with Gasteiger partial charge in [0.1, 0.15) is 17.1 Å². The molecule has 6 heteroatoms. The molecule has 110 valence electrons. The lowest BCUT2D eigenvalue weighted by atomic mass is 9.82. The molecule has 2 aromatic carbocycles. The van der Waals surface area contributed by atoms with Gasteiger partial charge in [0, 0.05) is 11.1 Å². The second-order valence-corrected chi connectivity index (χ2v) is 5.47. The first kappa shape index (κ1) is 14.5. The lowest BCUT2D eigenvalue weighted by Gasteiger charge is -2.22. The van der Waals surface area contributed by atoms with Crippen molar-refractivity contribution in [3.63, 3.8) is 0 Å². The zero-order valence-electron chi connectivity index (χ0n) is 11.3. The molecular formula is C16H9BrO5. The lowest BCUT2D eigenvalue weighted by molar-refractivity contribution is 0.0974. The largest absolute Gasteiger partial charge is 0.506 e. The highest BCUT2D eigenvalue weighted by molar-refractivity contribution is 9.10. The quantitative estimate of drug-likeness (QED) is 0.710. The highest BCUT2D eigenvalue weighted by Crippen LogP contribution is 2.44. The van der Waals surface area contributed by atoms with Gasteiger partial charge in [-0.2, -0.15) is 0 Å². The molecule has 0 bridgehead atoms. The third-order valence-corrected chi connectivity index (χ3v) is 4.37. The van der Waals surface area contributed by atoms with E-state index in [4.69, 9.17) is 4.74 Å². The van der Waals surface area contributed by atoms with Crippen LogP contribution in [0.3, 0.4) is 0 Å². The number of benzene rings is 2. The molecule has 0 fully saturated rings. The maximum atomic E-state index is 12.7. The molecule has 1 aliphatic rings. The van der Waals surface area contributed by atoms with Crippen LogP contribution in [0.1, 0.15) is 42.2 Å². The van der Waals surface area contributed by atoms with Crippen molar-refractivity contribution < 1.29 is 24.2 Å². The molecule has 0 heterocycles. The third kappa shape index (κ3) is 1.74. The minimum Gasteiger partial charge on any atom is -0.506 e. The first-order valence-electron chi connectivity index (χ1n) is 6.28. The number of rotatable bonds is 2. The Labute approximate surface area is 133 Å². The predicted molar refractivity (Wildman–Crippen MR) is 81.1 cm³/mol. The van der Waals surface area contributed by atoms with E-state index >= 15 is 0 Å². The standard InChI is InChI=1S/C16H9BrO5/c1-22-16-9(6-18)15(21)12(17)10-11(16)14(20)8-5-3-2-4-7(8)13(10)19/h2-6,21H,1H3. The molecule has 1 N–H and O–H groups in total. The number of hydrogen-bond acceptors (Lipinski definition) is 5. The number of methoxy groups -OCH3 is 1. The summed E-state index contributed by atoms with van der Waals surface area (Å²) in [5.41, 5.74) is 0.309. The Morgan fingerprint density at radius 1 is 1.09 bits per heavy atom. The van der Waals surface area contributed by atoms with Crippen LogP contribution in [-0.2, 0) is 0 Å². The van der Waals surface area contributed by atoms with Crippen LogP contribution in [0.15, 0.2) is 28.7 Å². The minimum absolute atomic E-state index is 0.00338. The summed E-state index contributed by atoms with van der Waals surface area (Å²) >= 11 is 3.10. The Kier molecular flexibility index (Phi) is 3.33. The Hall–Kier alpha value is -2.47. The number of aromatic hydroxyl groups is 1. The molecule has 0 saturated heterocycles. The SMILES string of the molecule is COc1c(C=O)c(O)c(Br)c2c1C(=O)c1ccccc1C2=O. The number of aldehydes is 1. The molecule has 5 nitrogen and oxygen atoms in total. The number of carbonyl (C=O) groups excluding carboxylic acids is 3. The molecule has 0 spiro atoms. The Bertz CT molecular complexity index is 854. The number of halogens is 1. The molecule has 0 aromatic heterocycles. The van der Waals surface area contributed by atoms with E-state index in [1.165, 1.54) is 7.11 Å². The van der Waals surface area contributed by atoms with E-state index in [1.807, 2.05) is 0 Å². The zero-order valence-corrected chi connectivity index (χ0v) is 12.9. The molecule has 2 aromatic rings. The second-order valence-electron chi connectivity index (χ2n) is 4.68. The molecular weight excluding hydrogens is 352 g/mol. The summed E-state index contributed by atoms with van der Waals surface area (Å²) in [6.45, 7) is 0. The van der Waals surface area contributed by atoms with E-state index in [0.717, 1.165) is 0 Å². The van der Waals surface area contributed by atoms with E-state index in [9.17, 15) is 19.5 Å². The molecule has 1 aliphatic carbocycles. The minimum atomic E-state index is -0.425. The molecule has 0 atom stereocenters. The van der Waals surface area contributed by atoms with Gasteiger partial charge in [-0.1, -0.05) is 24.3 Å². The number of ketones is 2. The predicted octanol–water partition coefficient (Wildman–Crippen LogP) is 2.75. The normalized spacial score (nSPS) is 12.6. The first-order chi connectivity index (χ1) is 10.5. The maximum absolute atomic E-state index is 12.7. The van der Waals surface area contributed by atoms with Gasteiger partial charge >= 0.3 is 0 Å². The van der Waals surface area contributed by atoms with E-state index in [2.05, 4.69) is 15.9 Å². The van der Waals surface area contributed by atoms with Gasteiger partial charge in [0.05, 0.1) is 22.7 Å². The second kappa shape index (κ2) is 5.06. The van der Waals surface area contributed by atoms with Crippen molar-refractivity contribution in [1.82, 2.24) is 0 Å². The van der Waals surface area contributed by atoms with Gasteiger partial charge in [0.15, 0.2) is 17.9 Å². The number of ether oxygens (including phenoxy) is 1. The van der Waals surface area contributed by atoms with Gasteiger partial charge in [0.25, 0.3) is 0 Å². The molecule has 0 saturated carbocycles. The summed E-state index contributed by atoms with van der Waals surface area (Å²) in [6.07, 6.45) is 0.386. The fraction of sp³-hybridized carbons (Fsp3) is 0.0625. The van der Waals surface area contributed by atoms with Crippen molar-refractivity contribution in [1.29, 1.82) is 0 Å². The first-order valence-corrected chi connectivity index (χ1v) is 7.08. The molecule has 22 heavy (non-hydrogen) atoms. The van der Waals surface area contributed by atoms with Crippen LogP contribution in [0.5, 0.6) is 11.5 Å². The summed E-state index contributed by atoms with van der Waals surface area (Å²) in [7, 11) is 1.27. The number of carbonyl (C=O) groups is 3. The van der Waals surface area contributed by atoms with Gasteiger partial charge in [-0.15, -0.1) is 0 Å². The van der Waals surface area contributed by atoms with Crippen molar-refractivity contribution in [2.24, 2.45) is 0 Å². The number of phenolic OH excluding ortho intramolecular Hbond substituents is 1. The van der Waals surface area contributed by atoms with Crippen LogP contribution in [-0.4, -0.2) is 30.1 Å². The van der Waals surface area contributed by atoms with E-state index in [1.54, 1.807) is 24.3 Å². The summed E-state index contributed by atoms with van der Waals surface area (Å²) < 4.78 is 5.13. The Balaban J connectivity index is 2.47. The maximum Gasteiger partial charge on any atom is 0.198 e. The Morgan fingerprint density at radius 2 is 1.64 bits per heavy atom. The molecule has 0 unspecified atom stereocenters. The van der Waals surface area contributed by atoms with Crippen LogP contribution >= 0.6 is 15.9 Å². The van der Waals surface area contributed by atoms with E-state index in [0.29, 0.717) is 6.29 Å². The average molecular weight is 361 g/mol. The summed E-state index contributed by atoms with van der Waals surface area (Å²) in [6, 6.07) is 6.39. The van der Waals surface area contributed by atoms with Crippen LogP contribution in [0, 0.1) is 0 Å². The molecule has 0 radical (unpaired) electrons. The lowest BCUT2D eigenvalue weighted by Crippen LogP contribution is -2.23. The monoisotopic (exact) mass is 360 g/mol. The summed E-state index contributed by atoms with van der Waals surface area (Å²) in [5, 5.41) is 10.1. The Morgan fingerprint density at radius 3 is 2.14 bits per heavy atom. The van der Waals surface area contributed by atoms with Gasteiger partial charge in [-0.25, -0.2) is 0 Å². The number of fused-ring (bicyclic) bond motifs is 2. The number of phenols is 1. The van der Waals surface area contributed by atoms with Crippen LogP contribution in [0.2, 0.25) is 0 Å². The van der Waals surface area contributed by atoms with Gasteiger partial charge in [0.2, 0.25) is 0 Å². The van der Waals surface area contributed by atoms with Crippen LogP contribution in [0.25, 0.3) is 0 Å². The summed E-state index contributed by atoms with van der Waals surface area (Å²) in [4.78, 5) is 36.6. The average Bonchev–Trinajstić information content (AvgIpc) is 2.54. The number of hydrogen-bond donors (Lipinski definition) is 1. The van der Waals surface area contributed by atoms with Crippen molar-refractivity contribution in [3.05, 3.63) is 56.6 Å². The summed E-state index contributed by atoms with van der Waals surface area (Å²) in [5.74, 6) is -1.36. The highest BCUT2D eigenvalue weighted by atomic mass is 79.9. The van der Waals surface area contributed by atoms with Gasteiger partial charge < -0.3 is 9.84 Å². The zero-order chi connectivity index (χ0) is 16.0. The molecule has 3 rings (SSSR count). The van der Waals surface area contributed by atoms with Crippen molar-refractivity contribution in [2.45, 2.75) is 0 Å². The van der Waals surface area contributed by atoms with Crippen molar-refractivity contribution >= 4 is 33.8 Å². The third-order valence-electron chi connectivity index (χ3n) is 3.60. The van der Waals surface area contributed by atoms with E-state index in [-0.39, 0.29) is 38.0 Å². The van der Waals surface area contributed by atoms with Crippen molar-refractivity contribution in [3.8, 4) is 11.5 Å². The topological polar surface area (TPSA) is 80.7 Å². The smallest absolute Gasteiger partial charge is 0.198 e. The fourth-order valence-corrected chi connectivity index (χ4v) is 3.19. The fourth-order valence-electron chi connectivity index (χ4n) is 2.60. The highest BCUT2D eigenvalue weighted by Gasteiger charge is 2.37. The van der Waals surface area contributed by atoms with Crippen LogP contribution in [0.4, 0.5) is 0 Å². The molecule has 0 amide bonds. The molecule has 0 aliphatic heterocycles.